The van der Waals surface area contributed by atoms with E-state index in [-0.39, 0.29) is 27.7 Å². The SMILES string of the molecule is CCOC(=O)c1ccc(NC(=O)c2cc(S(=O)(=O)N3CCCC3)ccc2C)c(Cl)c1. The fourth-order valence-corrected chi connectivity index (χ4v) is 5.00. The summed E-state index contributed by atoms with van der Waals surface area (Å²) in [6.45, 7) is 4.65. The van der Waals surface area contributed by atoms with E-state index in [1.807, 2.05) is 0 Å². The first-order valence-electron chi connectivity index (χ1n) is 9.63. The number of aryl methyl sites for hydroxylation is 1. The maximum Gasteiger partial charge on any atom is 0.338 e. The van der Waals surface area contributed by atoms with Gasteiger partial charge in [0.15, 0.2) is 0 Å². The lowest BCUT2D eigenvalue weighted by molar-refractivity contribution is 0.0526. The summed E-state index contributed by atoms with van der Waals surface area (Å²) in [5.74, 6) is -0.996. The molecule has 160 valence electrons. The molecule has 2 aromatic rings. The van der Waals surface area contributed by atoms with Gasteiger partial charge >= 0.3 is 5.97 Å². The number of anilines is 1. The lowest BCUT2D eigenvalue weighted by atomic mass is 10.1. The van der Waals surface area contributed by atoms with Gasteiger partial charge in [-0.3, -0.25) is 4.79 Å². The molecule has 7 nitrogen and oxygen atoms in total. The second-order valence-corrected chi connectivity index (χ2v) is 9.30. The molecule has 0 radical (unpaired) electrons. The Morgan fingerprint density at radius 2 is 1.83 bits per heavy atom. The Hall–Kier alpha value is -2.42. The molecule has 1 N–H and O–H groups in total. The summed E-state index contributed by atoms with van der Waals surface area (Å²) in [5.41, 5.74) is 1.45. The van der Waals surface area contributed by atoms with Gasteiger partial charge in [-0.05, 0) is 62.6 Å². The van der Waals surface area contributed by atoms with Crippen molar-refractivity contribution in [2.75, 3.05) is 25.0 Å². The average molecular weight is 451 g/mol. The average Bonchev–Trinajstić information content (AvgIpc) is 3.25. The number of carbonyl (C=O) groups excluding carboxylic acids is 2. The summed E-state index contributed by atoms with van der Waals surface area (Å²) < 4.78 is 32.0. The molecule has 1 amide bonds. The molecular formula is C21H23ClN2O5S. The fourth-order valence-electron chi connectivity index (χ4n) is 3.23. The molecule has 1 fully saturated rings. The summed E-state index contributed by atoms with van der Waals surface area (Å²) in [6, 6.07) is 8.94. The van der Waals surface area contributed by atoms with Crippen molar-refractivity contribution in [3.63, 3.8) is 0 Å². The van der Waals surface area contributed by atoms with E-state index in [0.29, 0.717) is 24.3 Å². The quantitative estimate of drug-likeness (QED) is 0.674. The number of hydrogen-bond acceptors (Lipinski definition) is 5. The van der Waals surface area contributed by atoms with Crippen molar-refractivity contribution in [1.82, 2.24) is 4.31 Å². The van der Waals surface area contributed by atoms with E-state index in [0.717, 1.165) is 12.8 Å². The molecule has 2 aromatic carbocycles. The van der Waals surface area contributed by atoms with Gasteiger partial charge in [-0.25, -0.2) is 13.2 Å². The highest BCUT2D eigenvalue weighted by atomic mass is 35.5. The Morgan fingerprint density at radius 3 is 2.47 bits per heavy atom. The number of halogens is 1. The Morgan fingerprint density at radius 1 is 1.13 bits per heavy atom. The van der Waals surface area contributed by atoms with Crippen LogP contribution in [0, 0.1) is 6.92 Å². The number of benzene rings is 2. The number of nitrogens with one attached hydrogen (secondary N) is 1. The molecule has 3 rings (SSSR count). The predicted octanol–water partition coefficient (Wildman–Crippen LogP) is 3.86. The van der Waals surface area contributed by atoms with Crippen LogP contribution in [0.25, 0.3) is 0 Å². The molecule has 0 saturated carbocycles. The van der Waals surface area contributed by atoms with Gasteiger partial charge in [0.05, 0.1) is 27.8 Å². The Bertz CT molecular complexity index is 1080. The van der Waals surface area contributed by atoms with Crippen LogP contribution in [0.15, 0.2) is 41.3 Å². The molecular weight excluding hydrogens is 428 g/mol. The van der Waals surface area contributed by atoms with Crippen LogP contribution in [0.3, 0.4) is 0 Å². The second-order valence-electron chi connectivity index (χ2n) is 6.96. The lowest BCUT2D eigenvalue weighted by Gasteiger charge is -2.17. The number of carbonyl (C=O) groups is 2. The van der Waals surface area contributed by atoms with E-state index < -0.39 is 21.9 Å². The van der Waals surface area contributed by atoms with E-state index in [4.69, 9.17) is 16.3 Å². The van der Waals surface area contributed by atoms with E-state index in [2.05, 4.69) is 5.32 Å². The third kappa shape index (κ3) is 4.66. The largest absolute Gasteiger partial charge is 0.462 e. The van der Waals surface area contributed by atoms with Crippen LogP contribution < -0.4 is 5.32 Å². The zero-order valence-corrected chi connectivity index (χ0v) is 18.3. The van der Waals surface area contributed by atoms with Gasteiger partial charge in [0.1, 0.15) is 0 Å². The van der Waals surface area contributed by atoms with Gasteiger partial charge in [0.2, 0.25) is 10.0 Å². The van der Waals surface area contributed by atoms with Crippen molar-refractivity contribution in [2.24, 2.45) is 0 Å². The first-order valence-corrected chi connectivity index (χ1v) is 11.4. The van der Waals surface area contributed by atoms with E-state index in [1.165, 1.54) is 34.6 Å². The van der Waals surface area contributed by atoms with Crippen molar-refractivity contribution in [3.8, 4) is 0 Å². The van der Waals surface area contributed by atoms with Gasteiger partial charge in [-0.1, -0.05) is 17.7 Å². The first-order chi connectivity index (χ1) is 14.2. The van der Waals surface area contributed by atoms with Crippen molar-refractivity contribution >= 4 is 39.2 Å². The van der Waals surface area contributed by atoms with Gasteiger partial charge < -0.3 is 10.1 Å². The molecule has 30 heavy (non-hydrogen) atoms. The van der Waals surface area contributed by atoms with Crippen LogP contribution in [-0.4, -0.2) is 44.3 Å². The molecule has 9 heteroatoms. The summed E-state index contributed by atoms with van der Waals surface area (Å²) in [7, 11) is -3.64. The predicted molar refractivity (Wildman–Crippen MR) is 115 cm³/mol. The topological polar surface area (TPSA) is 92.8 Å². The normalized spacial score (nSPS) is 14.5. The van der Waals surface area contributed by atoms with Gasteiger partial charge in [0.25, 0.3) is 5.91 Å². The molecule has 1 aliphatic rings. The molecule has 0 bridgehead atoms. The van der Waals surface area contributed by atoms with Gasteiger partial charge in [0, 0.05) is 18.7 Å². The Kier molecular flexibility index (Phi) is 6.80. The zero-order valence-electron chi connectivity index (χ0n) is 16.8. The van der Waals surface area contributed by atoms with E-state index >= 15 is 0 Å². The van der Waals surface area contributed by atoms with Crippen LogP contribution in [0.5, 0.6) is 0 Å². The summed E-state index contributed by atoms with van der Waals surface area (Å²) in [5, 5.41) is 2.86. The second kappa shape index (κ2) is 9.16. The Balaban J connectivity index is 1.84. The minimum Gasteiger partial charge on any atom is -0.462 e. The van der Waals surface area contributed by atoms with Crippen molar-refractivity contribution in [2.45, 2.75) is 31.6 Å². The van der Waals surface area contributed by atoms with Crippen LogP contribution in [0.1, 0.15) is 46.0 Å². The Labute approximate surface area is 181 Å². The zero-order chi connectivity index (χ0) is 21.9. The minimum absolute atomic E-state index is 0.0869. The standard InChI is InChI=1S/C21H23ClN2O5S/c1-3-29-21(26)15-7-9-19(18(22)12-15)23-20(25)17-13-16(8-6-14(17)2)30(27,28)24-10-4-5-11-24/h6-9,12-13H,3-5,10-11H2,1-2H3,(H,23,25). The molecule has 1 aliphatic heterocycles. The van der Waals surface area contributed by atoms with E-state index in [9.17, 15) is 18.0 Å². The molecule has 0 atom stereocenters. The highest BCUT2D eigenvalue weighted by Gasteiger charge is 2.28. The van der Waals surface area contributed by atoms with Crippen LogP contribution in [0.4, 0.5) is 5.69 Å². The molecule has 0 aromatic heterocycles. The third-order valence-electron chi connectivity index (χ3n) is 4.88. The first kappa shape index (κ1) is 22.3. The summed E-state index contributed by atoms with van der Waals surface area (Å²) in [6.07, 6.45) is 1.66. The van der Waals surface area contributed by atoms with Crippen LogP contribution in [-0.2, 0) is 14.8 Å². The van der Waals surface area contributed by atoms with E-state index in [1.54, 1.807) is 19.9 Å². The van der Waals surface area contributed by atoms with Crippen LogP contribution >= 0.6 is 11.6 Å². The highest BCUT2D eigenvalue weighted by Crippen LogP contribution is 2.26. The molecule has 0 spiro atoms. The summed E-state index contributed by atoms with van der Waals surface area (Å²) >= 11 is 6.21. The lowest BCUT2D eigenvalue weighted by Crippen LogP contribution is -2.28. The maximum atomic E-state index is 12.8. The highest BCUT2D eigenvalue weighted by molar-refractivity contribution is 7.89. The number of hydrogen-bond donors (Lipinski definition) is 1. The smallest absolute Gasteiger partial charge is 0.338 e. The van der Waals surface area contributed by atoms with Gasteiger partial charge in [-0.2, -0.15) is 4.31 Å². The monoisotopic (exact) mass is 450 g/mol. The number of amides is 1. The minimum atomic E-state index is -3.64. The molecule has 1 heterocycles. The molecule has 1 saturated heterocycles. The number of sulfonamides is 1. The van der Waals surface area contributed by atoms with Crippen molar-refractivity contribution < 1.29 is 22.7 Å². The van der Waals surface area contributed by atoms with Crippen LogP contribution in [0.2, 0.25) is 5.02 Å². The van der Waals surface area contributed by atoms with Crippen molar-refractivity contribution in [3.05, 3.63) is 58.1 Å². The maximum absolute atomic E-state index is 12.8. The number of ether oxygens (including phenoxy) is 1. The molecule has 0 unspecified atom stereocenters. The number of esters is 1. The number of rotatable bonds is 6. The summed E-state index contributed by atoms with van der Waals surface area (Å²) in [4.78, 5) is 24.7. The number of nitrogens with zero attached hydrogens (tertiary/aromatic N) is 1. The molecule has 0 aliphatic carbocycles. The van der Waals surface area contributed by atoms with Crippen molar-refractivity contribution in [1.29, 1.82) is 0 Å². The van der Waals surface area contributed by atoms with Gasteiger partial charge in [-0.15, -0.1) is 0 Å². The fraction of sp³-hybridized carbons (Fsp3) is 0.333. The third-order valence-corrected chi connectivity index (χ3v) is 7.09.